The van der Waals surface area contributed by atoms with Crippen molar-refractivity contribution in [2.45, 2.75) is 13.3 Å². The van der Waals surface area contributed by atoms with Gasteiger partial charge in [0.05, 0.1) is 18.9 Å². The molecule has 0 aliphatic heterocycles. The molecule has 0 spiro atoms. The number of rotatable bonds is 4. The largest absolute Gasteiger partial charge is 0.469 e. The lowest BCUT2D eigenvalue weighted by Gasteiger charge is -2.06. The van der Waals surface area contributed by atoms with E-state index in [0.717, 1.165) is 15.1 Å². The van der Waals surface area contributed by atoms with Crippen LogP contribution in [0.1, 0.15) is 11.3 Å². The first kappa shape index (κ1) is 12.6. The lowest BCUT2D eigenvalue weighted by atomic mass is 10.3. The molecule has 6 nitrogen and oxygen atoms in total. The topological polar surface area (TPSA) is 90.1 Å². The number of ether oxygens (including phenoxy) is 1. The van der Waals surface area contributed by atoms with E-state index < -0.39 is 0 Å². The first-order chi connectivity index (χ1) is 8.60. The Kier molecular flexibility index (Phi) is 3.61. The van der Waals surface area contributed by atoms with Crippen LogP contribution in [0.15, 0.2) is 6.07 Å². The molecular weight excluding hydrogens is 252 g/mol. The number of hydrogen-bond acceptors (Lipinski definition) is 7. The molecule has 0 unspecified atom stereocenters. The molecule has 2 heterocycles. The molecular formula is C11H14N4O2S. The number of nitrogens with zero attached hydrogens (tertiary/aromatic N) is 2. The number of thiophene rings is 1. The lowest BCUT2D eigenvalue weighted by molar-refractivity contribution is -0.140. The summed E-state index contributed by atoms with van der Waals surface area (Å²) in [6.07, 6.45) is 0.283. The number of hydrogen-bond donors (Lipinski definition) is 2. The maximum absolute atomic E-state index is 11.0. The number of aryl methyl sites for hydroxylation is 1. The van der Waals surface area contributed by atoms with Crippen LogP contribution in [0, 0.1) is 6.92 Å². The summed E-state index contributed by atoms with van der Waals surface area (Å²) in [6, 6.07) is 2.00. The van der Waals surface area contributed by atoms with Crippen LogP contribution in [0.3, 0.4) is 0 Å². The highest BCUT2D eigenvalue weighted by molar-refractivity contribution is 7.18. The number of carbonyl (C=O) groups excluding carboxylic acids is 1. The lowest BCUT2D eigenvalue weighted by Crippen LogP contribution is -2.11. The molecule has 0 atom stereocenters. The van der Waals surface area contributed by atoms with Crippen LogP contribution in [0.25, 0.3) is 10.2 Å². The SMILES string of the molecule is COC(=O)CCNc1nc(N)nc2sc(C)cc12. The molecule has 7 heteroatoms. The van der Waals surface area contributed by atoms with Gasteiger partial charge in [-0.2, -0.15) is 4.98 Å². The summed E-state index contributed by atoms with van der Waals surface area (Å²) in [7, 11) is 1.37. The van der Waals surface area contributed by atoms with Gasteiger partial charge >= 0.3 is 5.97 Å². The van der Waals surface area contributed by atoms with Gasteiger partial charge in [-0.15, -0.1) is 11.3 Å². The van der Waals surface area contributed by atoms with Crippen LogP contribution >= 0.6 is 11.3 Å². The highest BCUT2D eigenvalue weighted by Gasteiger charge is 2.09. The molecule has 0 bridgehead atoms. The Bertz CT molecular complexity index is 582. The maximum atomic E-state index is 11.0. The van der Waals surface area contributed by atoms with Gasteiger partial charge in [-0.25, -0.2) is 4.98 Å². The second-order valence-corrected chi connectivity index (χ2v) is 4.99. The summed E-state index contributed by atoms with van der Waals surface area (Å²) in [6.45, 7) is 2.45. The summed E-state index contributed by atoms with van der Waals surface area (Å²) in [4.78, 5) is 21.3. The van der Waals surface area contributed by atoms with Crippen molar-refractivity contribution < 1.29 is 9.53 Å². The van der Waals surface area contributed by atoms with Crippen molar-refractivity contribution in [3.05, 3.63) is 10.9 Å². The summed E-state index contributed by atoms with van der Waals surface area (Å²) in [5.74, 6) is 0.623. The Hall–Kier alpha value is -1.89. The molecule has 3 N–H and O–H groups in total. The van der Waals surface area contributed by atoms with Crippen molar-refractivity contribution in [3.8, 4) is 0 Å². The second-order valence-electron chi connectivity index (χ2n) is 3.76. The zero-order chi connectivity index (χ0) is 13.1. The average molecular weight is 266 g/mol. The summed E-state index contributed by atoms with van der Waals surface area (Å²) >= 11 is 1.56. The van der Waals surface area contributed by atoms with Gasteiger partial charge in [0, 0.05) is 11.4 Å². The summed E-state index contributed by atoms with van der Waals surface area (Å²) in [5, 5.41) is 4.01. The van der Waals surface area contributed by atoms with Crippen molar-refractivity contribution in [3.63, 3.8) is 0 Å². The number of nitrogens with two attached hydrogens (primary N) is 1. The van der Waals surface area contributed by atoms with Crippen LogP contribution < -0.4 is 11.1 Å². The average Bonchev–Trinajstić information content (AvgIpc) is 2.69. The number of nitrogens with one attached hydrogen (secondary N) is 1. The molecule has 2 rings (SSSR count). The van der Waals surface area contributed by atoms with Gasteiger partial charge in [0.1, 0.15) is 10.6 Å². The van der Waals surface area contributed by atoms with Gasteiger partial charge in [-0.1, -0.05) is 0 Å². The molecule has 0 fully saturated rings. The maximum Gasteiger partial charge on any atom is 0.307 e. The fourth-order valence-corrected chi connectivity index (χ4v) is 2.46. The van der Waals surface area contributed by atoms with E-state index in [-0.39, 0.29) is 18.3 Å². The summed E-state index contributed by atoms with van der Waals surface area (Å²) < 4.78 is 4.57. The molecule has 0 aliphatic carbocycles. The monoisotopic (exact) mass is 266 g/mol. The van der Waals surface area contributed by atoms with Crippen LogP contribution in [-0.2, 0) is 9.53 Å². The van der Waals surface area contributed by atoms with Crippen LogP contribution in [0.2, 0.25) is 0 Å². The quantitative estimate of drug-likeness (QED) is 0.816. The predicted octanol–water partition coefficient (Wildman–Crippen LogP) is 1.56. The molecule has 0 saturated heterocycles. The number of fused-ring (bicyclic) bond motifs is 1. The van der Waals surface area contributed by atoms with Gasteiger partial charge < -0.3 is 15.8 Å². The van der Waals surface area contributed by atoms with Gasteiger partial charge in [0.15, 0.2) is 0 Å². The van der Waals surface area contributed by atoms with Gasteiger partial charge in [-0.05, 0) is 13.0 Å². The third kappa shape index (κ3) is 2.67. The Morgan fingerprint density at radius 1 is 1.56 bits per heavy atom. The summed E-state index contributed by atoms with van der Waals surface area (Å²) in [5.41, 5.74) is 5.64. The highest BCUT2D eigenvalue weighted by atomic mass is 32.1. The van der Waals surface area contributed by atoms with Gasteiger partial charge in [0.2, 0.25) is 5.95 Å². The normalized spacial score (nSPS) is 10.6. The number of carbonyl (C=O) groups is 1. The number of aromatic nitrogens is 2. The van der Waals surface area contributed by atoms with E-state index in [1.807, 2.05) is 13.0 Å². The molecule has 0 saturated carbocycles. The number of nitrogen functional groups attached to an aromatic ring is 1. The number of anilines is 2. The first-order valence-corrected chi connectivity index (χ1v) is 6.26. The number of methoxy groups -OCH3 is 1. The van der Waals surface area contributed by atoms with E-state index in [9.17, 15) is 4.79 Å². The Balaban J connectivity index is 2.19. The van der Waals surface area contributed by atoms with Crippen LogP contribution in [0.4, 0.5) is 11.8 Å². The fraction of sp³-hybridized carbons (Fsp3) is 0.364. The Morgan fingerprint density at radius 3 is 3.06 bits per heavy atom. The Labute approximate surface area is 108 Å². The molecule has 0 radical (unpaired) electrons. The third-order valence-electron chi connectivity index (χ3n) is 2.38. The van der Waals surface area contributed by atoms with E-state index >= 15 is 0 Å². The molecule has 96 valence electrons. The predicted molar refractivity (Wildman–Crippen MR) is 71.7 cm³/mol. The minimum absolute atomic E-state index is 0.227. The van der Waals surface area contributed by atoms with Gasteiger partial charge in [0.25, 0.3) is 0 Å². The van der Waals surface area contributed by atoms with Crippen molar-refractivity contribution in [1.29, 1.82) is 0 Å². The van der Waals surface area contributed by atoms with E-state index in [1.54, 1.807) is 11.3 Å². The second kappa shape index (κ2) is 5.18. The zero-order valence-electron chi connectivity index (χ0n) is 10.2. The third-order valence-corrected chi connectivity index (χ3v) is 3.33. The highest BCUT2D eigenvalue weighted by Crippen LogP contribution is 2.28. The number of esters is 1. The van der Waals surface area contributed by atoms with E-state index in [0.29, 0.717) is 12.4 Å². The Morgan fingerprint density at radius 2 is 2.33 bits per heavy atom. The van der Waals surface area contributed by atoms with Crippen molar-refractivity contribution >= 4 is 39.3 Å². The molecule has 0 aromatic carbocycles. The van der Waals surface area contributed by atoms with Crippen molar-refractivity contribution in [2.24, 2.45) is 0 Å². The minimum atomic E-state index is -0.262. The van der Waals surface area contributed by atoms with E-state index in [2.05, 4.69) is 20.0 Å². The van der Waals surface area contributed by atoms with Gasteiger partial charge in [-0.3, -0.25) is 4.79 Å². The standard InChI is InChI=1S/C11H14N4O2S/c1-6-5-7-9(13-4-3-8(16)17-2)14-11(12)15-10(7)18-6/h5H,3-4H2,1-2H3,(H3,12,13,14,15). The molecule has 2 aromatic heterocycles. The van der Waals surface area contributed by atoms with E-state index in [4.69, 9.17) is 5.73 Å². The molecule has 0 aliphatic rings. The van der Waals surface area contributed by atoms with Crippen LogP contribution in [-0.4, -0.2) is 29.6 Å². The van der Waals surface area contributed by atoms with Crippen molar-refractivity contribution in [1.82, 2.24) is 9.97 Å². The fourth-order valence-electron chi connectivity index (χ4n) is 1.58. The first-order valence-electron chi connectivity index (χ1n) is 5.44. The molecule has 18 heavy (non-hydrogen) atoms. The zero-order valence-corrected chi connectivity index (χ0v) is 11.0. The van der Waals surface area contributed by atoms with Crippen LogP contribution in [0.5, 0.6) is 0 Å². The van der Waals surface area contributed by atoms with Crippen molar-refractivity contribution in [2.75, 3.05) is 24.7 Å². The molecule has 0 amide bonds. The smallest absolute Gasteiger partial charge is 0.307 e. The van der Waals surface area contributed by atoms with E-state index in [1.165, 1.54) is 7.11 Å². The molecule has 2 aromatic rings. The minimum Gasteiger partial charge on any atom is -0.469 e.